The second-order valence-electron chi connectivity index (χ2n) is 4.74. The molecule has 0 aliphatic heterocycles. The van der Waals surface area contributed by atoms with Gasteiger partial charge in [0.05, 0.1) is 0 Å². The highest BCUT2D eigenvalue weighted by Crippen LogP contribution is 2.22. The largest absolute Gasteiger partial charge is 0.389 e. The zero-order chi connectivity index (χ0) is 13.8. The Morgan fingerprint density at radius 1 is 1.42 bits per heavy atom. The van der Waals surface area contributed by atoms with Crippen molar-refractivity contribution < 1.29 is 0 Å². The van der Waals surface area contributed by atoms with Crippen molar-refractivity contribution in [3.05, 3.63) is 51.7 Å². The molecule has 2 rings (SSSR count). The summed E-state index contributed by atoms with van der Waals surface area (Å²) < 4.78 is 0. The summed E-state index contributed by atoms with van der Waals surface area (Å²) in [5.41, 5.74) is 10.3. The van der Waals surface area contributed by atoms with Gasteiger partial charge in [0.1, 0.15) is 4.99 Å². The molecule has 1 aromatic carbocycles. The summed E-state index contributed by atoms with van der Waals surface area (Å²) in [7, 11) is 0. The van der Waals surface area contributed by atoms with Gasteiger partial charge in [0.15, 0.2) is 0 Å². The number of benzene rings is 1. The van der Waals surface area contributed by atoms with E-state index in [1.807, 2.05) is 12.1 Å². The number of para-hydroxylation sites is 1. The Balaban J connectivity index is 2.16. The highest BCUT2D eigenvalue weighted by molar-refractivity contribution is 7.80. The summed E-state index contributed by atoms with van der Waals surface area (Å²) >= 11 is 6.85. The summed E-state index contributed by atoms with van der Waals surface area (Å²) in [5.74, 6) is 0. The van der Waals surface area contributed by atoms with Crippen molar-refractivity contribution in [3.63, 3.8) is 0 Å². The third-order valence-electron chi connectivity index (χ3n) is 3.05. The van der Waals surface area contributed by atoms with E-state index >= 15 is 0 Å². The van der Waals surface area contributed by atoms with Crippen LogP contribution >= 0.6 is 23.6 Å². The lowest BCUT2D eigenvalue weighted by atomic mass is 10.1. The van der Waals surface area contributed by atoms with Crippen molar-refractivity contribution in [3.8, 4) is 0 Å². The maximum absolute atomic E-state index is 5.79. The standard InChI is InChI=1S/C15H18N2S2/c1-10-4-3-5-13(15(16)18)14(10)17-11(2)8-12-6-7-19-9-12/h3-7,9,11,17H,8H2,1-2H3,(H2,16,18). The molecule has 1 aromatic heterocycles. The number of nitrogens with one attached hydrogen (secondary N) is 1. The van der Waals surface area contributed by atoms with Crippen LogP contribution in [0.1, 0.15) is 23.6 Å². The Bertz CT molecular complexity index is 562. The van der Waals surface area contributed by atoms with Crippen molar-refractivity contribution in [2.75, 3.05) is 5.32 Å². The maximum atomic E-state index is 5.79. The van der Waals surface area contributed by atoms with Crippen LogP contribution in [-0.4, -0.2) is 11.0 Å². The minimum Gasteiger partial charge on any atom is -0.389 e. The number of thiocarbonyl (C=S) groups is 1. The van der Waals surface area contributed by atoms with Gasteiger partial charge in [-0.3, -0.25) is 0 Å². The second-order valence-corrected chi connectivity index (χ2v) is 5.96. The summed E-state index contributed by atoms with van der Waals surface area (Å²) in [6.45, 7) is 4.24. The van der Waals surface area contributed by atoms with Gasteiger partial charge in [-0.05, 0) is 54.3 Å². The average molecular weight is 290 g/mol. The van der Waals surface area contributed by atoms with Crippen LogP contribution in [0.15, 0.2) is 35.0 Å². The van der Waals surface area contributed by atoms with Gasteiger partial charge in [0.25, 0.3) is 0 Å². The van der Waals surface area contributed by atoms with E-state index in [0.29, 0.717) is 11.0 Å². The lowest BCUT2D eigenvalue weighted by Gasteiger charge is -2.19. The van der Waals surface area contributed by atoms with Crippen LogP contribution in [0.2, 0.25) is 0 Å². The highest BCUT2D eigenvalue weighted by Gasteiger charge is 2.11. The van der Waals surface area contributed by atoms with Crippen molar-refractivity contribution in [2.45, 2.75) is 26.3 Å². The monoisotopic (exact) mass is 290 g/mol. The van der Waals surface area contributed by atoms with E-state index in [0.717, 1.165) is 17.7 Å². The van der Waals surface area contributed by atoms with Crippen LogP contribution in [0.3, 0.4) is 0 Å². The first-order valence-electron chi connectivity index (χ1n) is 6.25. The maximum Gasteiger partial charge on any atom is 0.106 e. The summed E-state index contributed by atoms with van der Waals surface area (Å²) in [4.78, 5) is 0.439. The molecule has 3 N–H and O–H groups in total. The van der Waals surface area contributed by atoms with E-state index in [1.165, 1.54) is 11.1 Å². The molecule has 1 heterocycles. The van der Waals surface area contributed by atoms with Crippen molar-refractivity contribution in [1.82, 2.24) is 0 Å². The zero-order valence-electron chi connectivity index (χ0n) is 11.1. The first kappa shape index (κ1) is 14.0. The van der Waals surface area contributed by atoms with Crippen LogP contribution in [0.25, 0.3) is 0 Å². The Labute approximate surface area is 123 Å². The Kier molecular flexibility index (Phi) is 4.56. The molecule has 1 atom stereocenters. The van der Waals surface area contributed by atoms with Gasteiger partial charge in [-0.25, -0.2) is 0 Å². The molecule has 0 amide bonds. The predicted octanol–water partition coefficient (Wildman–Crippen LogP) is 3.73. The zero-order valence-corrected chi connectivity index (χ0v) is 12.8. The van der Waals surface area contributed by atoms with Crippen LogP contribution in [0.4, 0.5) is 5.69 Å². The Morgan fingerprint density at radius 3 is 2.84 bits per heavy atom. The van der Waals surface area contributed by atoms with Crippen molar-refractivity contribution >= 4 is 34.2 Å². The minimum atomic E-state index is 0.337. The van der Waals surface area contributed by atoms with E-state index in [2.05, 4.69) is 42.1 Å². The normalized spacial score (nSPS) is 12.1. The molecule has 100 valence electrons. The van der Waals surface area contributed by atoms with Crippen molar-refractivity contribution in [1.29, 1.82) is 0 Å². The molecule has 0 aliphatic carbocycles. The van der Waals surface area contributed by atoms with E-state index in [4.69, 9.17) is 18.0 Å². The fraction of sp³-hybridized carbons (Fsp3) is 0.267. The molecule has 2 nitrogen and oxygen atoms in total. The highest BCUT2D eigenvalue weighted by atomic mass is 32.1. The molecular formula is C15H18N2S2. The van der Waals surface area contributed by atoms with E-state index < -0.39 is 0 Å². The van der Waals surface area contributed by atoms with Gasteiger partial charge in [-0.2, -0.15) is 11.3 Å². The molecule has 0 aliphatic rings. The Hall–Kier alpha value is -1.39. The number of aryl methyl sites for hydroxylation is 1. The SMILES string of the molecule is Cc1cccc(C(N)=S)c1NC(C)Cc1ccsc1. The van der Waals surface area contributed by atoms with Gasteiger partial charge in [0.2, 0.25) is 0 Å². The molecule has 19 heavy (non-hydrogen) atoms. The lowest BCUT2D eigenvalue weighted by Crippen LogP contribution is -2.22. The number of rotatable bonds is 5. The fourth-order valence-electron chi connectivity index (χ4n) is 2.12. The molecule has 4 heteroatoms. The molecule has 2 aromatic rings. The van der Waals surface area contributed by atoms with E-state index in [-0.39, 0.29) is 0 Å². The molecule has 0 saturated heterocycles. The van der Waals surface area contributed by atoms with Gasteiger partial charge < -0.3 is 11.1 Å². The molecular weight excluding hydrogens is 272 g/mol. The van der Waals surface area contributed by atoms with Gasteiger partial charge in [0, 0.05) is 17.3 Å². The molecule has 0 fully saturated rings. The minimum absolute atomic E-state index is 0.337. The van der Waals surface area contributed by atoms with Gasteiger partial charge in [-0.15, -0.1) is 0 Å². The number of nitrogens with two attached hydrogens (primary N) is 1. The number of thiophene rings is 1. The Morgan fingerprint density at radius 2 is 2.21 bits per heavy atom. The summed E-state index contributed by atoms with van der Waals surface area (Å²) in [6, 6.07) is 8.52. The van der Waals surface area contributed by atoms with Crippen LogP contribution in [0, 0.1) is 6.92 Å². The van der Waals surface area contributed by atoms with Crippen LogP contribution < -0.4 is 11.1 Å². The predicted molar refractivity (Wildman–Crippen MR) is 88.2 cm³/mol. The lowest BCUT2D eigenvalue weighted by molar-refractivity contribution is 0.791. The number of anilines is 1. The van der Waals surface area contributed by atoms with Crippen molar-refractivity contribution in [2.24, 2.45) is 5.73 Å². The number of hydrogen-bond donors (Lipinski definition) is 2. The van der Waals surface area contributed by atoms with Gasteiger partial charge >= 0.3 is 0 Å². The molecule has 0 radical (unpaired) electrons. The third kappa shape index (κ3) is 3.55. The van der Waals surface area contributed by atoms with Crippen LogP contribution in [-0.2, 0) is 6.42 Å². The van der Waals surface area contributed by atoms with Crippen LogP contribution in [0.5, 0.6) is 0 Å². The quantitative estimate of drug-likeness (QED) is 0.824. The first-order chi connectivity index (χ1) is 9.08. The molecule has 0 saturated carbocycles. The average Bonchev–Trinajstić information content (AvgIpc) is 2.84. The summed E-state index contributed by atoms with van der Waals surface area (Å²) in [6.07, 6.45) is 0.995. The second kappa shape index (κ2) is 6.17. The van der Waals surface area contributed by atoms with Gasteiger partial charge in [-0.1, -0.05) is 24.4 Å². The first-order valence-corrected chi connectivity index (χ1v) is 7.60. The van der Waals surface area contributed by atoms with E-state index in [9.17, 15) is 0 Å². The smallest absolute Gasteiger partial charge is 0.106 e. The molecule has 0 bridgehead atoms. The summed E-state index contributed by atoms with van der Waals surface area (Å²) in [5, 5.41) is 7.83. The topological polar surface area (TPSA) is 38.0 Å². The molecule has 1 unspecified atom stereocenters. The fourth-order valence-corrected chi connectivity index (χ4v) is 2.98. The third-order valence-corrected chi connectivity index (χ3v) is 4.00. The number of hydrogen-bond acceptors (Lipinski definition) is 3. The molecule has 0 spiro atoms. The van der Waals surface area contributed by atoms with E-state index in [1.54, 1.807) is 11.3 Å².